The van der Waals surface area contributed by atoms with E-state index in [2.05, 4.69) is 13.8 Å². The van der Waals surface area contributed by atoms with E-state index in [1.54, 1.807) is 19.3 Å². The molecular formula is C11H20. The Morgan fingerprint density at radius 1 is 0.909 bits per heavy atom. The highest BCUT2D eigenvalue weighted by molar-refractivity contribution is 4.94. The Labute approximate surface area is 70.4 Å². The standard InChI is InChI=1S/C11H20/c1-3-9-5-8-6-10(4-2)11(9)7-8/h8-11H,3-7H2,1-2H3/t8?,9-,10?,11?/m0/s1. The van der Waals surface area contributed by atoms with Gasteiger partial charge in [-0.15, -0.1) is 0 Å². The molecule has 0 heterocycles. The van der Waals surface area contributed by atoms with Crippen LogP contribution >= 0.6 is 0 Å². The lowest BCUT2D eigenvalue weighted by atomic mass is 9.78. The summed E-state index contributed by atoms with van der Waals surface area (Å²) >= 11 is 0. The van der Waals surface area contributed by atoms with E-state index in [0.717, 1.165) is 23.7 Å². The van der Waals surface area contributed by atoms with E-state index in [9.17, 15) is 0 Å². The van der Waals surface area contributed by atoms with E-state index in [-0.39, 0.29) is 0 Å². The van der Waals surface area contributed by atoms with E-state index in [1.165, 1.54) is 12.8 Å². The van der Waals surface area contributed by atoms with E-state index in [0.29, 0.717) is 0 Å². The van der Waals surface area contributed by atoms with Crippen LogP contribution in [0, 0.1) is 23.7 Å². The second-order valence-corrected chi connectivity index (χ2v) is 4.57. The fourth-order valence-electron chi connectivity index (χ4n) is 3.59. The molecule has 11 heavy (non-hydrogen) atoms. The van der Waals surface area contributed by atoms with Crippen LogP contribution < -0.4 is 0 Å². The average molecular weight is 152 g/mol. The Kier molecular flexibility index (Phi) is 1.95. The summed E-state index contributed by atoms with van der Waals surface area (Å²) < 4.78 is 0. The van der Waals surface area contributed by atoms with Gasteiger partial charge in [-0.2, -0.15) is 0 Å². The van der Waals surface area contributed by atoms with Gasteiger partial charge in [0, 0.05) is 0 Å². The summed E-state index contributed by atoms with van der Waals surface area (Å²) in [6.45, 7) is 4.75. The lowest BCUT2D eigenvalue weighted by molar-refractivity contribution is 0.227. The van der Waals surface area contributed by atoms with Crippen LogP contribution in [0.25, 0.3) is 0 Å². The summed E-state index contributed by atoms with van der Waals surface area (Å²) in [5.41, 5.74) is 0. The Morgan fingerprint density at radius 2 is 1.45 bits per heavy atom. The van der Waals surface area contributed by atoms with Crippen LogP contribution in [0.4, 0.5) is 0 Å². The minimum Gasteiger partial charge on any atom is -0.0651 e. The number of hydrogen-bond donors (Lipinski definition) is 0. The van der Waals surface area contributed by atoms with Crippen molar-refractivity contribution in [2.75, 3.05) is 0 Å². The first kappa shape index (κ1) is 7.64. The van der Waals surface area contributed by atoms with E-state index < -0.39 is 0 Å². The molecule has 4 atom stereocenters. The highest BCUT2D eigenvalue weighted by Crippen LogP contribution is 2.53. The maximum absolute atomic E-state index is 2.37. The molecule has 2 fully saturated rings. The molecule has 0 N–H and O–H groups in total. The lowest BCUT2D eigenvalue weighted by Crippen LogP contribution is -2.18. The van der Waals surface area contributed by atoms with Gasteiger partial charge in [0.25, 0.3) is 0 Å². The van der Waals surface area contributed by atoms with Crippen LogP contribution in [0.3, 0.4) is 0 Å². The first-order chi connectivity index (χ1) is 5.35. The molecule has 0 amide bonds. The van der Waals surface area contributed by atoms with E-state index in [4.69, 9.17) is 0 Å². The molecule has 2 saturated carbocycles. The molecule has 3 unspecified atom stereocenters. The number of fused-ring (bicyclic) bond motifs is 2. The van der Waals surface area contributed by atoms with E-state index >= 15 is 0 Å². The van der Waals surface area contributed by atoms with Gasteiger partial charge in [-0.05, 0) is 42.9 Å². The molecule has 0 aromatic heterocycles. The fraction of sp³-hybridized carbons (Fsp3) is 1.00. The predicted molar refractivity (Wildman–Crippen MR) is 48.4 cm³/mol. The maximum atomic E-state index is 2.37. The molecule has 0 spiro atoms. The summed E-state index contributed by atoms with van der Waals surface area (Å²) in [5, 5.41) is 0. The van der Waals surface area contributed by atoms with Crippen molar-refractivity contribution in [3.8, 4) is 0 Å². The summed E-state index contributed by atoms with van der Waals surface area (Å²) in [7, 11) is 0. The lowest BCUT2D eigenvalue weighted by Gasteiger charge is -2.27. The Hall–Kier alpha value is 0. The van der Waals surface area contributed by atoms with Gasteiger partial charge in [-0.3, -0.25) is 0 Å². The smallest absolute Gasteiger partial charge is 0.0355 e. The highest BCUT2D eigenvalue weighted by Gasteiger charge is 2.43. The van der Waals surface area contributed by atoms with Gasteiger partial charge < -0.3 is 0 Å². The molecule has 0 aromatic rings. The number of rotatable bonds is 2. The molecule has 0 radical (unpaired) electrons. The van der Waals surface area contributed by atoms with Gasteiger partial charge in [0.15, 0.2) is 0 Å². The molecule has 0 saturated heterocycles. The second kappa shape index (κ2) is 2.80. The Morgan fingerprint density at radius 3 is 1.82 bits per heavy atom. The molecule has 64 valence electrons. The van der Waals surface area contributed by atoms with Crippen molar-refractivity contribution >= 4 is 0 Å². The van der Waals surface area contributed by atoms with Crippen LogP contribution in [0.5, 0.6) is 0 Å². The van der Waals surface area contributed by atoms with Crippen molar-refractivity contribution in [1.29, 1.82) is 0 Å². The molecule has 0 nitrogen and oxygen atoms in total. The first-order valence-electron chi connectivity index (χ1n) is 5.35. The molecule has 2 rings (SSSR count). The quantitative estimate of drug-likeness (QED) is 0.568. The van der Waals surface area contributed by atoms with Gasteiger partial charge in [0.2, 0.25) is 0 Å². The van der Waals surface area contributed by atoms with Crippen molar-refractivity contribution < 1.29 is 0 Å². The third-order valence-electron chi connectivity index (χ3n) is 4.14. The predicted octanol–water partition coefficient (Wildman–Crippen LogP) is 3.47. The van der Waals surface area contributed by atoms with Crippen molar-refractivity contribution in [2.45, 2.75) is 46.0 Å². The van der Waals surface area contributed by atoms with Gasteiger partial charge in [-0.25, -0.2) is 0 Å². The van der Waals surface area contributed by atoms with Crippen molar-refractivity contribution in [2.24, 2.45) is 23.7 Å². The zero-order valence-electron chi connectivity index (χ0n) is 7.84. The average Bonchev–Trinajstić information content (AvgIpc) is 2.60. The highest BCUT2D eigenvalue weighted by atomic mass is 14.5. The monoisotopic (exact) mass is 152 g/mol. The summed E-state index contributed by atoms with van der Waals surface area (Å²) in [4.78, 5) is 0. The van der Waals surface area contributed by atoms with Crippen molar-refractivity contribution in [3.05, 3.63) is 0 Å². The Bertz CT molecular complexity index is 125. The van der Waals surface area contributed by atoms with Crippen molar-refractivity contribution in [3.63, 3.8) is 0 Å². The van der Waals surface area contributed by atoms with Gasteiger partial charge >= 0.3 is 0 Å². The van der Waals surface area contributed by atoms with Gasteiger partial charge in [0.05, 0.1) is 0 Å². The third-order valence-corrected chi connectivity index (χ3v) is 4.14. The molecule has 0 heteroatoms. The minimum atomic E-state index is 1.11. The molecule has 2 aliphatic carbocycles. The largest absolute Gasteiger partial charge is 0.0651 e. The first-order valence-corrected chi connectivity index (χ1v) is 5.35. The fourth-order valence-corrected chi connectivity index (χ4v) is 3.59. The van der Waals surface area contributed by atoms with Crippen LogP contribution in [-0.4, -0.2) is 0 Å². The topological polar surface area (TPSA) is 0 Å². The second-order valence-electron chi connectivity index (χ2n) is 4.57. The van der Waals surface area contributed by atoms with Crippen LogP contribution in [0.15, 0.2) is 0 Å². The van der Waals surface area contributed by atoms with Crippen LogP contribution in [0.1, 0.15) is 46.0 Å². The summed E-state index contributed by atoms with van der Waals surface area (Å²) in [5.74, 6) is 4.49. The zero-order chi connectivity index (χ0) is 7.84. The number of hydrogen-bond acceptors (Lipinski definition) is 0. The maximum Gasteiger partial charge on any atom is -0.0355 e. The molecular weight excluding hydrogens is 132 g/mol. The van der Waals surface area contributed by atoms with Gasteiger partial charge in [-0.1, -0.05) is 26.7 Å². The van der Waals surface area contributed by atoms with Crippen LogP contribution in [-0.2, 0) is 0 Å². The molecule has 2 aliphatic rings. The van der Waals surface area contributed by atoms with E-state index in [1.807, 2.05) is 0 Å². The summed E-state index contributed by atoms with van der Waals surface area (Å²) in [6, 6.07) is 0. The normalized spacial score (nSPS) is 48.5. The minimum absolute atomic E-state index is 1.11. The zero-order valence-corrected chi connectivity index (χ0v) is 7.84. The molecule has 0 aliphatic heterocycles. The SMILES string of the molecule is CCC1CC2CC1[C@@H](CC)C2. The Balaban J connectivity index is 2.02. The van der Waals surface area contributed by atoms with Gasteiger partial charge in [0.1, 0.15) is 0 Å². The van der Waals surface area contributed by atoms with Crippen LogP contribution in [0.2, 0.25) is 0 Å². The molecule has 0 aromatic carbocycles. The van der Waals surface area contributed by atoms with Crippen molar-refractivity contribution in [1.82, 2.24) is 0 Å². The summed E-state index contributed by atoms with van der Waals surface area (Å²) in [6.07, 6.45) is 7.60. The molecule has 2 bridgehead atoms. The third kappa shape index (κ3) is 1.11.